The Kier molecular flexibility index (Phi) is 54.0. The van der Waals surface area contributed by atoms with Gasteiger partial charge >= 0.3 is 0 Å². The van der Waals surface area contributed by atoms with Gasteiger partial charge in [0.2, 0.25) is 35.3 Å². The highest BCUT2D eigenvalue weighted by molar-refractivity contribution is 5.72. The number of unbranched alkanes of at least 4 members (excludes halogenated alkanes) is 54. The molecule has 0 aliphatic carbocycles. The summed E-state index contributed by atoms with van der Waals surface area (Å²) in [4.78, 5) is 15.6. The average Bonchev–Trinajstić information content (AvgIpc) is 1.03. The second-order valence-corrected chi connectivity index (χ2v) is 37.9. The summed E-state index contributed by atoms with van der Waals surface area (Å²) >= 11 is 0. The van der Waals surface area contributed by atoms with E-state index in [2.05, 4.69) is 72.1 Å². The van der Waals surface area contributed by atoms with E-state index >= 15 is 0 Å². The minimum atomic E-state index is 0.377. The van der Waals surface area contributed by atoms with Gasteiger partial charge in [0, 0.05) is 50.1 Å². The van der Waals surface area contributed by atoms with Crippen molar-refractivity contribution >= 4 is 0 Å². The molecule has 0 aliphatic heterocycles. The van der Waals surface area contributed by atoms with Crippen LogP contribution in [0.25, 0.3) is 103 Å². The maximum atomic E-state index is 6.57. The van der Waals surface area contributed by atoms with Crippen LogP contribution in [0, 0.1) is 0 Å². The number of aromatic nitrogens is 9. The minimum Gasteiger partial charge on any atom is -0.490 e. The van der Waals surface area contributed by atoms with E-state index in [0.29, 0.717) is 110 Å². The molecule has 18 heteroatoms. The van der Waals surface area contributed by atoms with Gasteiger partial charge in [-0.25, -0.2) is 15.0 Å². The van der Waals surface area contributed by atoms with E-state index in [1.807, 2.05) is 127 Å². The van der Waals surface area contributed by atoms with Crippen LogP contribution in [0.2, 0.25) is 0 Å². The van der Waals surface area contributed by atoms with Crippen molar-refractivity contribution in [3.8, 4) is 137 Å². The summed E-state index contributed by atoms with van der Waals surface area (Å²) in [5, 5.41) is 27.6. The van der Waals surface area contributed by atoms with Gasteiger partial charge in [0.05, 0.1) is 39.6 Å². The van der Waals surface area contributed by atoms with Gasteiger partial charge in [-0.15, -0.1) is 30.6 Å². The van der Waals surface area contributed by atoms with Gasteiger partial charge in [-0.2, -0.15) is 0 Å². The third kappa shape index (κ3) is 41.4. The molecule has 0 bridgehead atoms. The van der Waals surface area contributed by atoms with Crippen LogP contribution in [-0.2, 0) is 0 Å². The van der Waals surface area contributed by atoms with Crippen LogP contribution in [0.1, 0.15) is 427 Å². The Morgan fingerprint density at radius 2 is 0.296 bits per heavy atom. The first-order chi connectivity index (χ1) is 66.8. The monoisotopic (exact) mass is 1850 g/mol. The molecule has 10 aromatic rings. The van der Waals surface area contributed by atoms with Crippen molar-refractivity contribution in [2.75, 3.05) is 39.6 Å². The van der Waals surface area contributed by atoms with Crippen molar-refractivity contribution < 1.29 is 41.7 Å². The van der Waals surface area contributed by atoms with Gasteiger partial charge in [-0.1, -0.05) is 425 Å². The second kappa shape index (κ2) is 67.7. The fourth-order valence-corrected chi connectivity index (χ4v) is 17.7. The van der Waals surface area contributed by atoms with Gasteiger partial charge < -0.3 is 41.7 Å². The maximum absolute atomic E-state index is 6.57. The fourth-order valence-electron chi connectivity index (χ4n) is 17.7. The molecule has 4 aromatic heterocycles. The molecule has 0 N–H and O–H groups in total. The van der Waals surface area contributed by atoms with Crippen LogP contribution in [0.15, 0.2) is 141 Å². The van der Waals surface area contributed by atoms with Crippen LogP contribution in [0.5, 0.6) is 34.5 Å². The van der Waals surface area contributed by atoms with Gasteiger partial charge in [0.1, 0.15) is 0 Å². The first kappa shape index (κ1) is 108. The van der Waals surface area contributed by atoms with Crippen LogP contribution < -0.4 is 28.4 Å². The number of nitrogens with zero attached hydrogens (tertiary/aromatic N) is 9. The number of rotatable bonds is 81. The Morgan fingerprint density at radius 3 is 0.474 bits per heavy atom. The fraction of sp³-hybridized carbons (Fsp3) is 0.615. The molecule has 0 spiro atoms. The molecule has 18 nitrogen and oxygen atoms in total. The molecule has 6 aromatic carbocycles. The predicted octanol–water partition coefficient (Wildman–Crippen LogP) is 35.8. The highest BCUT2D eigenvalue weighted by atomic mass is 16.5. The highest BCUT2D eigenvalue weighted by Gasteiger charge is 2.22. The van der Waals surface area contributed by atoms with E-state index in [4.69, 9.17) is 56.6 Å². The van der Waals surface area contributed by atoms with Crippen molar-refractivity contribution in [3.05, 3.63) is 127 Å². The first-order valence-corrected chi connectivity index (χ1v) is 54.6. The molecule has 4 heterocycles. The quantitative estimate of drug-likeness (QED) is 0.0324. The van der Waals surface area contributed by atoms with Crippen LogP contribution in [0.3, 0.4) is 0 Å². The average molecular weight is 1850 g/mol. The van der Waals surface area contributed by atoms with E-state index in [-0.39, 0.29) is 0 Å². The summed E-state index contributed by atoms with van der Waals surface area (Å²) in [6.07, 6.45) is 75.8. The van der Waals surface area contributed by atoms with E-state index in [0.717, 1.165) is 144 Å². The SMILES string of the molecule is CCCCCCCCCCCCOc1ccc(-c2nnc(-c3ccc(-c4nc(-c5ccc(-c6nnc(-c7ccc(OCCCCCCCCCCCC)c(OCCCCCCCCCCCC)c7)o6)cc5)nc(-c5ccc(-c6nnc(-c7ccc(OCCCCCCCCCCCC)c(OCCCCCCCCCCCC)c7)o6)cc5)n4)cc3)o2)cc1OCCCCCCCCCCCC. The third-order valence-electron chi connectivity index (χ3n) is 26.2. The molecule has 0 unspecified atom stereocenters. The van der Waals surface area contributed by atoms with Crippen LogP contribution in [0.4, 0.5) is 0 Å². The zero-order chi connectivity index (χ0) is 94.1. The van der Waals surface area contributed by atoms with Gasteiger partial charge in [0.25, 0.3) is 0 Å². The molecule has 0 atom stereocenters. The summed E-state index contributed by atoms with van der Waals surface area (Å²) in [6.45, 7) is 17.4. The Morgan fingerprint density at radius 1 is 0.156 bits per heavy atom. The highest BCUT2D eigenvalue weighted by Crippen LogP contribution is 2.40. The van der Waals surface area contributed by atoms with Gasteiger partial charge in [0.15, 0.2) is 52.0 Å². The number of ether oxygens (including phenoxy) is 6. The molecule has 738 valence electrons. The van der Waals surface area contributed by atoms with E-state index in [1.54, 1.807) is 0 Å². The normalized spacial score (nSPS) is 11.5. The summed E-state index contributed by atoms with van der Waals surface area (Å²) < 4.78 is 58.7. The smallest absolute Gasteiger partial charge is 0.248 e. The molecule has 0 aliphatic rings. The number of hydrogen-bond acceptors (Lipinski definition) is 18. The predicted molar refractivity (Wildman–Crippen MR) is 556 cm³/mol. The minimum absolute atomic E-state index is 0.377. The molecule has 0 saturated heterocycles. The van der Waals surface area contributed by atoms with E-state index < -0.39 is 0 Å². The van der Waals surface area contributed by atoms with Crippen LogP contribution >= 0.6 is 0 Å². The van der Waals surface area contributed by atoms with Crippen molar-refractivity contribution in [2.45, 2.75) is 427 Å². The van der Waals surface area contributed by atoms with Gasteiger partial charge in [-0.05, 0) is 130 Å². The Labute approximate surface area is 813 Å². The van der Waals surface area contributed by atoms with Crippen molar-refractivity contribution in [1.82, 2.24) is 45.5 Å². The molecular weight excluding hydrogens is 1680 g/mol. The van der Waals surface area contributed by atoms with Crippen LogP contribution in [-0.4, -0.2) is 85.2 Å². The summed E-state index contributed by atoms with van der Waals surface area (Å²) in [5.41, 5.74) is 6.77. The number of hydrogen-bond donors (Lipinski definition) is 0. The molecule has 135 heavy (non-hydrogen) atoms. The third-order valence-corrected chi connectivity index (χ3v) is 26.2. The second-order valence-electron chi connectivity index (χ2n) is 37.9. The molecule has 0 fully saturated rings. The first-order valence-electron chi connectivity index (χ1n) is 54.6. The van der Waals surface area contributed by atoms with E-state index in [9.17, 15) is 0 Å². The Bertz CT molecular complexity index is 4220. The molecule has 0 saturated carbocycles. The Balaban J connectivity index is 0.865. The standard InChI is InChI=1S/C117H171N9O9/c1-7-13-19-25-31-37-43-49-55-61-85-127-103-82-79-100(91-106(103)130-88-64-58-52-46-40-34-28-22-16-10-4)115-124-121-112(133-115)97-73-67-94(68-74-97)109-118-110(95-69-75-98(76-70-95)113-122-125-116(134-113)101-80-83-104(128-86-62-56-50-44-38-32-26-20-14-8-2)107(92-101)131-89-65-59-53-47-41-35-29-23-17-11-5)120-111(119-109)96-71-77-99(78-72-96)114-123-126-117(135-114)102-81-84-105(129-87-63-57-51-45-39-33-27-21-15-9-3)108(93-102)132-90-66-60-54-48-42-36-30-24-18-12-6/h67-84,91-93H,7-66,85-90H2,1-6H3. The lowest BCUT2D eigenvalue weighted by Crippen LogP contribution is -2.03. The zero-order valence-corrected chi connectivity index (χ0v) is 84.5. The number of benzene rings is 6. The van der Waals surface area contributed by atoms with Gasteiger partial charge in [-0.3, -0.25) is 0 Å². The van der Waals surface area contributed by atoms with Crippen molar-refractivity contribution in [1.29, 1.82) is 0 Å². The zero-order valence-electron chi connectivity index (χ0n) is 84.5. The molecular formula is C117H171N9O9. The lowest BCUT2D eigenvalue weighted by Gasteiger charge is -2.14. The molecule has 0 radical (unpaired) electrons. The van der Waals surface area contributed by atoms with E-state index in [1.165, 1.54) is 308 Å². The lowest BCUT2D eigenvalue weighted by molar-refractivity contribution is 0.258. The summed E-state index contributed by atoms with van der Waals surface area (Å²) in [6, 6.07) is 41.6. The molecule has 10 rings (SSSR count). The van der Waals surface area contributed by atoms with Crippen molar-refractivity contribution in [3.63, 3.8) is 0 Å². The maximum Gasteiger partial charge on any atom is 0.248 e. The largest absolute Gasteiger partial charge is 0.490 e. The lowest BCUT2D eigenvalue weighted by atomic mass is 10.1. The molecule has 0 amide bonds. The van der Waals surface area contributed by atoms with Crippen molar-refractivity contribution in [2.24, 2.45) is 0 Å². The summed E-state index contributed by atoms with van der Waals surface area (Å²) in [7, 11) is 0. The summed E-state index contributed by atoms with van der Waals surface area (Å²) in [5.74, 6) is 8.01. The topological polar surface area (TPSA) is 211 Å². The Hall–Kier alpha value is -9.45.